The summed E-state index contributed by atoms with van der Waals surface area (Å²) in [6.45, 7) is 4.13. The van der Waals surface area contributed by atoms with Crippen molar-refractivity contribution >= 4 is 31.6 Å². The Labute approximate surface area is 184 Å². The molecule has 31 heavy (non-hydrogen) atoms. The quantitative estimate of drug-likeness (QED) is 0.646. The number of hydrogen-bond acceptors (Lipinski definition) is 5. The molecule has 8 nitrogen and oxygen atoms in total. The SMILES string of the molecule is Cc1ccc(S(=O)(=O)N2CCN(C(=O)CN(c3cccc(C)c3)S(C)(=O)=O)CC2)cc1. The fraction of sp³-hybridized carbons (Fsp3) is 0.381. The van der Waals surface area contributed by atoms with Gasteiger partial charge in [0.15, 0.2) is 0 Å². The Balaban J connectivity index is 1.68. The topological polar surface area (TPSA) is 95.1 Å². The van der Waals surface area contributed by atoms with Crippen LogP contribution in [0.4, 0.5) is 5.69 Å². The van der Waals surface area contributed by atoms with Crippen LogP contribution in [0.15, 0.2) is 53.4 Å². The number of sulfonamides is 2. The zero-order valence-corrected chi connectivity index (χ0v) is 19.5. The van der Waals surface area contributed by atoms with E-state index in [9.17, 15) is 21.6 Å². The van der Waals surface area contributed by atoms with Gasteiger partial charge in [0.05, 0.1) is 16.8 Å². The van der Waals surface area contributed by atoms with Crippen molar-refractivity contribution in [1.29, 1.82) is 0 Å². The van der Waals surface area contributed by atoms with Crippen molar-refractivity contribution in [1.82, 2.24) is 9.21 Å². The second kappa shape index (κ2) is 8.97. The van der Waals surface area contributed by atoms with Gasteiger partial charge in [-0.3, -0.25) is 9.10 Å². The van der Waals surface area contributed by atoms with Gasteiger partial charge < -0.3 is 4.90 Å². The molecule has 2 aromatic rings. The average Bonchev–Trinajstić information content (AvgIpc) is 2.71. The minimum absolute atomic E-state index is 0.158. The van der Waals surface area contributed by atoms with Crippen LogP contribution in [0.1, 0.15) is 11.1 Å². The van der Waals surface area contributed by atoms with Gasteiger partial charge in [0.25, 0.3) is 0 Å². The lowest BCUT2D eigenvalue weighted by molar-refractivity contribution is -0.130. The molecule has 0 spiro atoms. The molecule has 0 aliphatic carbocycles. The van der Waals surface area contributed by atoms with Crippen molar-refractivity contribution in [3.63, 3.8) is 0 Å². The van der Waals surface area contributed by atoms with Gasteiger partial charge in [-0.15, -0.1) is 0 Å². The fourth-order valence-corrected chi connectivity index (χ4v) is 5.71. The number of benzene rings is 2. The first-order valence-electron chi connectivity index (χ1n) is 9.87. The number of aryl methyl sites for hydroxylation is 2. The van der Waals surface area contributed by atoms with Crippen LogP contribution < -0.4 is 4.31 Å². The van der Waals surface area contributed by atoms with Crippen molar-refractivity contribution in [3.8, 4) is 0 Å². The molecule has 168 valence electrons. The monoisotopic (exact) mass is 465 g/mol. The van der Waals surface area contributed by atoms with Gasteiger partial charge in [-0.2, -0.15) is 4.31 Å². The van der Waals surface area contributed by atoms with Crippen LogP contribution >= 0.6 is 0 Å². The van der Waals surface area contributed by atoms with E-state index in [0.717, 1.165) is 21.7 Å². The van der Waals surface area contributed by atoms with Crippen LogP contribution in [-0.2, 0) is 24.8 Å². The van der Waals surface area contributed by atoms with E-state index in [1.54, 1.807) is 42.5 Å². The summed E-state index contributed by atoms with van der Waals surface area (Å²) in [5.41, 5.74) is 2.28. The molecule has 2 aromatic carbocycles. The minimum atomic E-state index is -3.66. The highest BCUT2D eigenvalue weighted by Gasteiger charge is 2.31. The zero-order chi connectivity index (χ0) is 22.8. The Hall–Kier alpha value is -2.43. The van der Waals surface area contributed by atoms with Crippen molar-refractivity contribution in [2.75, 3.05) is 43.3 Å². The molecule has 0 saturated carbocycles. The molecule has 3 rings (SSSR count). The third-order valence-electron chi connectivity index (χ3n) is 5.22. The molecule has 1 aliphatic rings. The normalized spacial score (nSPS) is 15.6. The van der Waals surface area contributed by atoms with Crippen LogP contribution in [0.2, 0.25) is 0 Å². The van der Waals surface area contributed by atoms with Crippen molar-refractivity contribution in [2.45, 2.75) is 18.7 Å². The Morgan fingerprint density at radius 2 is 1.52 bits per heavy atom. The van der Waals surface area contributed by atoms with Crippen molar-refractivity contribution in [3.05, 3.63) is 59.7 Å². The van der Waals surface area contributed by atoms with E-state index in [2.05, 4.69) is 0 Å². The number of piperazine rings is 1. The lowest BCUT2D eigenvalue weighted by Crippen LogP contribution is -2.53. The first kappa shape index (κ1) is 23.2. The van der Waals surface area contributed by atoms with E-state index < -0.39 is 20.0 Å². The molecule has 0 radical (unpaired) electrons. The number of hydrogen-bond donors (Lipinski definition) is 0. The van der Waals surface area contributed by atoms with E-state index in [4.69, 9.17) is 0 Å². The van der Waals surface area contributed by atoms with Gasteiger partial charge in [-0.1, -0.05) is 29.8 Å². The molecule has 1 heterocycles. The van der Waals surface area contributed by atoms with Crippen LogP contribution in [-0.4, -0.2) is 70.9 Å². The predicted octanol–water partition coefficient (Wildman–Crippen LogP) is 1.60. The summed E-state index contributed by atoms with van der Waals surface area (Å²) < 4.78 is 52.7. The number of anilines is 1. The maximum absolute atomic E-state index is 12.8. The standard InChI is InChI=1S/C21H27N3O5S2/c1-17-7-9-20(10-8-17)31(28,29)23-13-11-22(12-14-23)21(25)16-24(30(3,26)27)19-6-4-5-18(2)15-19/h4-10,15H,11-14,16H2,1-3H3. The molecule has 1 fully saturated rings. The molecule has 0 aromatic heterocycles. The Bertz CT molecular complexity index is 1150. The number of carbonyl (C=O) groups excluding carboxylic acids is 1. The highest BCUT2D eigenvalue weighted by Crippen LogP contribution is 2.21. The van der Waals surface area contributed by atoms with E-state index in [1.165, 1.54) is 9.21 Å². The highest BCUT2D eigenvalue weighted by molar-refractivity contribution is 7.92. The van der Waals surface area contributed by atoms with Crippen molar-refractivity contribution in [2.24, 2.45) is 0 Å². The van der Waals surface area contributed by atoms with Crippen LogP contribution in [0.3, 0.4) is 0 Å². The third-order valence-corrected chi connectivity index (χ3v) is 8.27. The summed E-state index contributed by atoms with van der Waals surface area (Å²) in [6, 6.07) is 13.6. The van der Waals surface area contributed by atoms with Gasteiger partial charge in [0.2, 0.25) is 26.0 Å². The molecule has 0 unspecified atom stereocenters. The van der Waals surface area contributed by atoms with E-state index in [0.29, 0.717) is 5.69 Å². The van der Waals surface area contributed by atoms with E-state index >= 15 is 0 Å². The molecule has 0 atom stereocenters. The Morgan fingerprint density at radius 1 is 0.903 bits per heavy atom. The second-order valence-corrected chi connectivity index (χ2v) is 11.6. The molecule has 0 N–H and O–H groups in total. The van der Waals surface area contributed by atoms with Gasteiger partial charge in [-0.25, -0.2) is 16.8 Å². The summed E-state index contributed by atoms with van der Waals surface area (Å²) in [5, 5.41) is 0. The van der Waals surface area contributed by atoms with Crippen LogP contribution in [0.25, 0.3) is 0 Å². The van der Waals surface area contributed by atoms with Crippen LogP contribution in [0.5, 0.6) is 0 Å². The lowest BCUT2D eigenvalue weighted by atomic mass is 10.2. The summed E-state index contributed by atoms with van der Waals surface area (Å²) in [6.07, 6.45) is 1.06. The first-order valence-corrected chi connectivity index (χ1v) is 13.2. The number of carbonyl (C=O) groups is 1. The molecular formula is C21H27N3O5S2. The maximum atomic E-state index is 12.8. The molecular weight excluding hydrogens is 438 g/mol. The van der Waals surface area contributed by atoms with Gasteiger partial charge >= 0.3 is 0 Å². The molecule has 1 saturated heterocycles. The van der Waals surface area contributed by atoms with Crippen LogP contribution in [0, 0.1) is 13.8 Å². The average molecular weight is 466 g/mol. The molecule has 1 aliphatic heterocycles. The first-order chi connectivity index (χ1) is 14.5. The van der Waals surface area contributed by atoms with E-state index in [1.807, 2.05) is 19.9 Å². The Kier molecular flexibility index (Phi) is 6.73. The van der Waals surface area contributed by atoms with Gasteiger partial charge in [0.1, 0.15) is 6.54 Å². The van der Waals surface area contributed by atoms with Gasteiger partial charge in [0, 0.05) is 26.2 Å². The third kappa shape index (κ3) is 5.44. The summed E-state index contributed by atoms with van der Waals surface area (Å²) in [7, 11) is -7.30. The second-order valence-electron chi connectivity index (χ2n) is 7.71. The number of amides is 1. The Morgan fingerprint density at radius 3 is 2.06 bits per heavy atom. The minimum Gasteiger partial charge on any atom is -0.338 e. The molecule has 1 amide bonds. The highest BCUT2D eigenvalue weighted by atomic mass is 32.2. The lowest BCUT2D eigenvalue weighted by Gasteiger charge is -2.35. The fourth-order valence-electron chi connectivity index (χ4n) is 3.44. The number of rotatable bonds is 6. The largest absolute Gasteiger partial charge is 0.338 e. The van der Waals surface area contributed by atoms with E-state index in [-0.39, 0.29) is 43.5 Å². The summed E-state index contributed by atoms with van der Waals surface area (Å²) >= 11 is 0. The molecule has 0 bridgehead atoms. The summed E-state index contributed by atoms with van der Waals surface area (Å²) in [4.78, 5) is 14.6. The summed E-state index contributed by atoms with van der Waals surface area (Å²) in [5.74, 6) is -0.362. The smallest absolute Gasteiger partial charge is 0.243 e. The molecule has 10 heteroatoms. The predicted molar refractivity (Wildman–Crippen MR) is 120 cm³/mol. The van der Waals surface area contributed by atoms with Gasteiger partial charge in [-0.05, 0) is 43.7 Å². The maximum Gasteiger partial charge on any atom is 0.243 e. The van der Waals surface area contributed by atoms with Crippen molar-refractivity contribution < 1.29 is 21.6 Å². The zero-order valence-electron chi connectivity index (χ0n) is 17.9. The number of nitrogens with zero attached hydrogens (tertiary/aromatic N) is 3.